The van der Waals surface area contributed by atoms with E-state index in [1.54, 1.807) is 6.07 Å². The number of likely N-dealkylation sites (tertiary alicyclic amines) is 1. The number of para-hydroxylation sites is 1. The summed E-state index contributed by atoms with van der Waals surface area (Å²) in [5.41, 5.74) is 4.15. The molecule has 1 saturated heterocycles. The fourth-order valence-corrected chi connectivity index (χ4v) is 6.56. The van der Waals surface area contributed by atoms with Gasteiger partial charge in [0.15, 0.2) is 0 Å². The number of fused-ring (bicyclic) bond motifs is 4. The van der Waals surface area contributed by atoms with E-state index in [1.165, 1.54) is 11.1 Å². The molecule has 174 valence electrons. The molecule has 0 radical (unpaired) electrons. The van der Waals surface area contributed by atoms with Gasteiger partial charge in [-0.1, -0.05) is 66.2 Å². The zero-order valence-corrected chi connectivity index (χ0v) is 19.9. The number of hydrogen-bond donors (Lipinski definition) is 3. The lowest BCUT2D eigenvalue weighted by atomic mass is 9.56. The van der Waals surface area contributed by atoms with Gasteiger partial charge in [0.25, 0.3) is 0 Å². The molecule has 0 saturated carbocycles. The number of aliphatic hydroxyl groups is 1. The molecule has 3 aromatic carbocycles. The molecule has 4 nitrogen and oxygen atoms in total. The third-order valence-corrected chi connectivity index (χ3v) is 8.43. The Morgan fingerprint density at radius 2 is 1.79 bits per heavy atom. The number of benzene rings is 3. The highest BCUT2D eigenvalue weighted by molar-refractivity contribution is 6.35. The first-order valence-corrected chi connectivity index (χ1v) is 12.4. The van der Waals surface area contributed by atoms with Crippen molar-refractivity contribution < 1.29 is 10.2 Å². The summed E-state index contributed by atoms with van der Waals surface area (Å²) in [5, 5.41) is 24.6. The van der Waals surface area contributed by atoms with Gasteiger partial charge in [-0.05, 0) is 54.3 Å². The van der Waals surface area contributed by atoms with Crippen molar-refractivity contribution in [3.63, 3.8) is 0 Å². The largest absolute Gasteiger partial charge is 0.508 e. The molecule has 2 unspecified atom stereocenters. The van der Waals surface area contributed by atoms with Crippen molar-refractivity contribution >= 4 is 22.5 Å². The number of rotatable bonds is 4. The average Bonchev–Trinajstić information content (AvgIpc) is 3.19. The second-order valence-corrected chi connectivity index (χ2v) is 10.4. The van der Waals surface area contributed by atoms with E-state index in [2.05, 4.69) is 46.3 Å². The maximum absolute atomic E-state index is 12.5. The minimum Gasteiger partial charge on any atom is -0.508 e. The minimum atomic E-state index is -0.958. The molecule has 3 N–H and O–H groups in total. The van der Waals surface area contributed by atoms with Gasteiger partial charge in [0, 0.05) is 42.4 Å². The number of nitrogens with one attached hydrogen (secondary N) is 1. The summed E-state index contributed by atoms with van der Waals surface area (Å²) in [5.74, 6) is 0.242. The van der Waals surface area contributed by atoms with Gasteiger partial charge in [0.2, 0.25) is 0 Å². The molecule has 2 heterocycles. The predicted molar refractivity (Wildman–Crippen MR) is 137 cm³/mol. The lowest BCUT2D eigenvalue weighted by Crippen LogP contribution is -2.66. The molecule has 0 spiro atoms. The van der Waals surface area contributed by atoms with Crippen molar-refractivity contribution in [3.05, 3.63) is 100 Å². The van der Waals surface area contributed by atoms with Gasteiger partial charge >= 0.3 is 0 Å². The van der Waals surface area contributed by atoms with Crippen LogP contribution >= 0.6 is 11.6 Å². The SMILES string of the molecule is Oc1cccc(C23CCN(CCc4ccccc4)CC2(O)Cc2c([nH]c4c(Cl)cccc24)C3)c1. The molecule has 1 fully saturated rings. The van der Waals surface area contributed by atoms with Crippen molar-refractivity contribution in [3.8, 4) is 5.75 Å². The Bertz CT molecular complexity index is 1350. The maximum Gasteiger partial charge on any atom is 0.115 e. The van der Waals surface area contributed by atoms with Gasteiger partial charge < -0.3 is 20.1 Å². The van der Waals surface area contributed by atoms with Crippen LogP contribution in [-0.2, 0) is 24.7 Å². The Morgan fingerprint density at radius 3 is 2.62 bits per heavy atom. The smallest absolute Gasteiger partial charge is 0.115 e. The van der Waals surface area contributed by atoms with Crippen LogP contribution in [0.15, 0.2) is 72.8 Å². The number of aromatic hydroxyl groups is 1. The summed E-state index contributed by atoms with van der Waals surface area (Å²) in [7, 11) is 0. The Balaban J connectivity index is 1.40. The predicted octanol–water partition coefficient (Wildman–Crippen LogP) is 5.24. The molecule has 0 bridgehead atoms. The van der Waals surface area contributed by atoms with Crippen LogP contribution in [0.2, 0.25) is 5.02 Å². The van der Waals surface area contributed by atoms with Crippen molar-refractivity contribution in [2.75, 3.05) is 19.6 Å². The molecule has 1 aromatic heterocycles. The summed E-state index contributed by atoms with van der Waals surface area (Å²) in [4.78, 5) is 5.99. The van der Waals surface area contributed by atoms with Crippen LogP contribution in [0.1, 0.15) is 28.8 Å². The lowest BCUT2D eigenvalue weighted by Gasteiger charge is -2.56. The zero-order chi connectivity index (χ0) is 23.3. The van der Waals surface area contributed by atoms with Crippen LogP contribution in [0.3, 0.4) is 0 Å². The highest BCUT2D eigenvalue weighted by atomic mass is 35.5. The molecule has 2 aliphatic rings. The highest BCUT2D eigenvalue weighted by Crippen LogP contribution is 2.52. The average molecular weight is 473 g/mol. The van der Waals surface area contributed by atoms with Crippen LogP contribution in [-0.4, -0.2) is 45.3 Å². The van der Waals surface area contributed by atoms with Gasteiger partial charge in [-0.3, -0.25) is 0 Å². The third kappa shape index (κ3) is 3.44. The molecule has 6 rings (SSSR count). The lowest BCUT2D eigenvalue weighted by molar-refractivity contribution is -0.102. The van der Waals surface area contributed by atoms with Crippen LogP contribution in [0.5, 0.6) is 5.75 Å². The van der Waals surface area contributed by atoms with Crippen LogP contribution in [0.4, 0.5) is 0 Å². The molecule has 34 heavy (non-hydrogen) atoms. The fraction of sp³-hybridized carbons (Fsp3) is 0.310. The van der Waals surface area contributed by atoms with E-state index in [0.717, 1.165) is 48.1 Å². The number of hydrogen-bond acceptors (Lipinski definition) is 3. The summed E-state index contributed by atoms with van der Waals surface area (Å²) in [6.07, 6.45) is 3.04. The third-order valence-electron chi connectivity index (χ3n) is 8.12. The Morgan fingerprint density at radius 1 is 0.971 bits per heavy atom. The maximum atomic E-state index is 12.5. The first-order valence-electron chi connectivity index (χ1n) is 12.0. The second kappa shape index (κ2) is 8.16. The first-order chi connectivity index (χ1) is 16.5. The topological polar surface area (TPSA) is 59.5 Å². The quantitative estimate of drug-likeness (QED) is 0.380. The van der Waals surface area contributed by atoms with Crippen LogP contribution in [0.25, 0.3) is 10.9 Å². The Kier molecular flexibility index (Phi) is 5.21. The summed E-state index contributed by atoms with van der Waals surface area (Å²) >= 11 is 6.52. The summed E-state index contributed by atoms with van der Waals surface area (Å²) < 4.78 is 0. The van der Waals surface area contributed by atoms with Gasteiger partial charge in [0.1, 0.15) is 5.75 Å². The van der Waals surface area contributed by atoms with Crippen molar-refractivity contribution in [1.29, 1.82) is 0 Å². The second-order valence-electron chi connectivity index (χ2n) is 10.0. The van der Waals surface area contributed by atoms with E-state index < -0.39 is 11.0 Å². The molecule has 1 aliphatic carbocycles. The number of halogens is 1. The van der Waals surface area contributed by atoms with Gasteiger partial charge in [-0.15, -0.1) is 0 Å². The number of β-amino-alcohol motifs (C(OH)–C–C–N with tert-alkyl or cyclic N) is 1. The Hall–Kier alpha value is -2.79. The van der Waals surface area contributed by atoms with Gasteiger partial charge in [-0.2, -0.15) is 0 Å². The van der Waals surface area contributed by atoms with E-state index in [0.29, 0.717) is 24.4 Å². The standard InChI is InChI=1S/C29H29ClN2O2/c30-25-11-5-10-23-24-17-29(34)19-32(14-12-20-6-2-1-3-7-20)15-13-28(29,18-26(24)31-27(23)25)21-8-4-9-22(33)16-21/h1-11,16,31,33-34H,12-15,17-19H2. The Labute approximate surface area is 204 Å². The molecule has 4 aromatic rings. The number of phenols is 1. The van der Waals surface area contributed by atoms with Gasteiger partial charge in [-0.25, -0.2) is 0 Å². The molecular formula is C29H29ClN2O2. The number of H-pyrrole nitrogens is 1. The minimum absolute atomic E-state index is 0.242. The zero-order valence-electron chi connectivity index (χ0n) is 19.1. The number of aromatic nitrogens is 1. The van der Waals surface area contributed by atoms with E-state index in [9.17, 15) is 10.2 Å². The number of phenolic OH excluding ortho intramolecular Hbond substituents is 1. The molecule has 1 aliphatic heterocycles. The van der Waals surface area contributed by atoms with E-state index >= 15 is 0 Å². The van der Waals surface area contributed by atoms with Crippen LogP contribution in [0, 0.1) is 0 Å². The van der Waals surface area contributed by atoms with Crippen molar-refractivity contribution in [2.24, 2.45) is 0 Å². The molecular weight excluding hydrogens is 444 g/mol. The number of aromatic amines is 1. The first kappa shape index (κ1) is 21.7. The number of nitrogens with zero attached hydrogens (tertiary/aromatic N) is 1. The molecule has 5 heteroatoms. The molecule has 0 amide bonds. The van der Waals surface area contributed by atoms with Crippen molar-refractivity contribution in [2.45, 2.75) is 36.7 Å². The van der Waals surface area contributed by atoms with E-state index in [1.807, 2.05) is 30.3 Å². The normalized spacial score (nSPS) is 24.6. The van der Waals surface area contributed by atoms with Crippen LogP contribution < -0.4 is 0 Å². The number of piperidine rings is 1. The fourth-order valence-electron chi connectivity index (χ4n) is 6.34. The summed E-state index contributed by atoms with van der Waals surface area (Å²) in [6, 6.07) is 24.0. The van der Waals surface area contributed by atoms with Crippen molar-refractivity contribution in [1.82, 2.24) is 9.88 Å². The highest BCUT2D eigenvalue weighted by Gasteiger charge is 2.57. The summed E-state index contributed by atoms with van der Waals surface area (Å²) in [6.45, 7) is 2.41. The van der Waals surface area contributed by atoms with E-state index in [-0.39, 0.29) is 5.75 Å². The molecule has 2 atom stereocenters. The van der Waals surface area contributed by atoms with E-state index in [4.69, 9.17) is 11.6 Å². The monoisotopic (exact) mass is 472 g/mol. The van der Waals surface area contributed by atoms with Gasteiger partial charge in [0.05, 0.1) is 16.1 Å².